The minimum atomic E-state index is -0.598. The molecule has 0 unspecified atom stereocenters. The number of carbonyl (C=O) groups excluding carboxylic acids is 1. The van der Waals surface area contributed by atoms with Crippen molar-refractivity contribution in [3.63, 3.8) is 0 Å². The standard InChI is InChI=1S/C32H39NO6/c1-32(2,3)39-31(34)33-19-27-29(36-21-25-15-9-5-10-16-25)30(37-22-26-17-11-6-12-18-26)28(38-27)23-35-20-24-13-7-4-8-14-24/h4-18,27-30H,19-23H2,1-3H3,(H,33,34)/t27-,28-,29+,30-/m0/s1. The molecule has 0 radical (unpaired) electrons. The molecular formula is C32H39NO6. The SMILES string of the molecule is CC(C)(C)OC(=O)NC[C@@H]1O[C@@H](COCc2ccccc2)[C@H](OCc2ccccc2)[C@@H]1OCc1ccccc1. The summed E-state index contributed by atoms with van der Waals surface area (Å²) >= 11 is 0. The number of alkyl carbamates (subject to hydrolysis) is 1. The third-order valence-electron chi connectivity index (χ3n) is 6.22. The number of amides is 1. The lowest BCUT2D eigenvalue weighted by Gasteiger charge is -2.26. The Kier molecular flexibility index (Phi) is 10.5. The molecule has 7 heteroatoms. The minimum absolute atomic E-state index is 0.217. The van der Waals surface area contributed by atoms with Gasteiger partial charge in [-0.15, -0.1) is 0 Å². The van der Waals surface area contributed by atoms with Gasteiger partial charge in [0.1, 0.15) is 30.0 Å². The fourth-order valence-corrected chi connectivity index (χ4v) is 4.40. The van der Waals surface area contributed by atoms with Gasteiger partial charge in [0.25, 0.3) is 0 Å². The predicted octanol–water partition coefficient (Wildman–Crippen LogP) is 5.67. The van der Waals surface area contributed by atoms with Gasteiger partial charge in [-0.25, -0.2) is 4.79 Å². The van der Waals surface area contributed by atoms with E-state index in [1.165, 1.54) is 0 Å². The van der Waals surface area contributed by atoms with E-state index in [0.717, 1.165) is 16.7 Å². The van der Waals surface area contributed by atoms with Crippen molar-refractivity contribution in [2.75, 3.05) is 13.2 Å². The predicted molar refractivity (Wildman–Crippen MR) is 149 cm³/mol. The van der Waals surface area contributed by atoms with Gasteiger partial charge in [0.2, 0.25) is 0 Å². The Morgan fingerprint density at radius 2 is 1.18 bits per heavy atom. The molecule has 1 fully saturated rings. The van der Waals surface area contributed by atoms with E-state index in [9.17, 15) is 4.79 Å². The van der Waals surface area contributed by atoms with Gasteiger partial charge in [-0.3, -0.25) is 0 Å². The molecule has 0 bridgehead atoms. The molecule has 0 aliphatic carbocycles. The normalized spacial score (nSPS) is 21.0. The molecule has 4 atom stereocenters. The third kappa shape index (κ3) is 9.48. The van der Waals surface area contributed by atoms with Crippen molar-refractivity contribution < 1.29 is 28.5 Å². The van der Waals surface area contributed by atoms with Crippen LogP contribution in [0.25, 0.3) is 0 Å². The number of hydrogen-bond donors (Lipinski definition) is 1. The lowest BCUT2D eigenvalue weighted by atomic mass is 10.1. The number of benzene rings is 3. The van der Waals surface area contributed by atoms with Crippen LogP contribution < -0.4 is 5.32 Å². The van der Waals surface area contributed by atoms with Gasteiger partial charge >= 0.3 is 6.09 Å². The van der Waals surface area contributed by atoms with E-state index in [1.807, 2.05) is 112 Å². The van der Waals surface area contributed by atoms with Crippen LogP contribution in [0.1, 0.15) is 37.5 Å². The molecule has 0 saturated carbocycles. The number of nitrogens with one attached hydrogen (secondary N) is 1. The lowest BCUT2D eigenvalue weighted by molar-refractivity contribution is -0.0898. The van der Waals surface area contributed by atoms with Gasteiger partial charge in [-0.05, 0) is 37.5 Å². The van der Waals surface area contributed by atoms with E-state index < -0.39 is 30.0 Å². The molecule has 1 aliphatic rings. The second-order valence-corrected chi connectivity index (χ2v) is 10.6. The number of carbonyl (C=O) groups is 1. The minimum Gasteiger partial charge on any atom is -0.444 e. The molecule has 1 aliphatic heterocycles. The summed E-state index contributed by atoms with van der Waals surface area (Å²) in [6.07, 6.45) is -2.18. The van der Waals surface area contributed by atoms with Crippen molar-refractivity contribution >= 4 is 6.09 Å². The van der Waals surface area contributed by atoms with Gasteiger partial charge in [-0.2, -0.15) is 0 Å². The summed E-state index contributed by atoms with van der Waals surface area (Å²) in [6.45, 7) is 7.29. The van der Waals surface area contributed by atoms with Crippen LogP contribution in [0.5, 0.6) is 0 Å². The van der Waals surface area contributed by atoms with Crippen molar-refractivity contribution in [1.29, 1.82) is 0 Å². The highest BCUT2D eigenvalue weighted by molar-refractivity contribution is 5.67. The second kappa shape index (κ2) is 14.2. The van der Waals surface area contributed by atoms with E-state index in [0.29, 0.717) is 26.4 Å². The molecule has 4 rings (SSSR count). The van der Waals surface area contributed by atoms with Gasteiger partial charge in [-0.1, -0.05) is 91.0 Å². The average Bonchev–Trinajstić information content (AvgIpc) is 3.26. The zero-order valence-electron chi connectivity index (χ0n) is 23.0. The highest BCUT2D eigenvalue weighted by Gasteiger charge is 2.46. The zero-order chi connectivity index (χ0) is 27.5. The van der Waals surface area contributed by atoms with E-state index in [2.05, 4.69) is 5.32 Å². The first kappa shape index (κ1) is 28.8. The summed E-state index contributed by atoms with van der Waals surface area (Å²) in [5, 5.41) is 2.84. The van der Waals surface area contributed by atoms with E-state index in [-0.39, 0.29) is 12.6 Å². The van der Waals surface area contributed by atoms with Gasteiger partial charge in [0, 0.05) is 6.54 Å². The fraction of sp³-hybridized carbons (Fsp3) is 0.406. The lowest BCUT2D eigenvalue weighted by Crippen LogP contribution is -2.44. The van der Waals surface area contributed by atoms with Crippen LogP contribution >= 0.6 is 0 Å². The van der Waals surface area contributed by atoms with E-state index in [1.54, 1.807) is 0 Å². The molecule has 0 aromatic heterocycles. The molecule has 39 heavy (non-hydrogen) atoms. The average molecular weight is 534 g/mol. The van der Waals surface area contributed by atoms with Crippen LogP contribution in [-0.2, 0) is 43.5 Å². The van der Waals surface area contributed by atoms with Gasteiger partial charge in [0.15, 0.2) is 0 Å². The Morgan fingerprint density at radius 3 is 1.67 bits per heavy atom. The highest BCUT2D eigenvalue weighted by atomic mass is 16.6. The maximum Gasteiger partial charge on any atom is 0.407 e. The van der Waals surface area contributed by atoms with Crippen molar-refractivity contribution in [1.82, 2.24) is 5.32 Å². The molecule has 1 heterocycles. The van der Waals surface area contributed by atoms with Gasteiger partial charge < -0.3 is 29.0 Å². The smallest absolute Gasteiger partial charge is 0.407 e. The summed E-state index contributed by atoms with van der Waals surface area (Å²) in [6, 6.07) is 30.0. The fourth-order valence-electron chi connectivity index (χ4n) is 4.40. The first-order chi connectivity index (χ1) is 18.9. The molecule has 0 spiro atoms. The summed E-state index contributed by atoms with van der Waals surface area (Å²) in [4.78, 5) is 12.4. The summed E-state index contributed by atoms with van der Waals surface area (Å²) in [5.41, 5.74) is 2.58. The van der Waals surface area contributed by atoms with Crippen LogP contribution in [0.15, 0.2) is 91.0 Å². The summed E-state index contributed by atoms with van der Waals surface area (Å²) in [7, 11) is 0. The topological polar surface area (TPSA) is 75.3 Å². The number of rotatable bonds is 12. The van der Waals surface area contributed by atoms with Crippen LogP contribution in [-0.4, -0.2) is 49.3 Å². The molecular weight excluding hydrogens is 494 g/mol. The van der Waals surface area contributed by atoms with Crippen molar-refractivity contribution in [3.05, 3.63) is 108 Å². The molecule has 3 aromatic rings. The van der Waals surface area contributed by atoms with Crippen molar-refractivity contribution in [3.8, 4) is 0 Å². The first-order valence-corrected chi connectivity index (χ1v) is 13.4. The maximum atomic E-state index is 12.4. The Morgan fingerprint density at radius 1 is 0.718 bits per heavy atom. The quantitative estimate of drug-likeness (QED) is 0.324. The maximum absolute atomic E-state index is 12.4. The molecule has 1 N–H and O–H groups in total. The Bertz CT molecular complexity index is 1120. The van der Waals surface area contributed by atoms with Crippen molar-refractivity contribution in [2.24, 2.45) is 0 Å². The molecule has 7 nitrogen and oxygen atoms in total. The largest absolute Gasteiger partial charge is 0.444 e. The monoisotopic (exact) mass is 533 g/mol. The Labute approximate surface area is 231 Å². The van der Waals surface area contributed by atoms with E-state index in [4.69, 9.17) is 23.7 Å². The van der Waals surface area contributed by atoms with Crippen LogP contribution in [0.2, 0.25) is 0 Å². The molecule has 1 saturated heterocycles. The van der Waals surface area contributed by atoms with Gasteiger partial charge in [0.05, 0.1) is 26.4 Å². The van der Waals surface area contributed by atoms with Crippen LogP contribution in [0, 0.1) is 0 Å². The zero-order valence-corrected chi connectivity index (χ0v) is 23.0. The molecule has 208 valence electrons. The van der Waals surface area contributed by atoms with Crippen LogP contribution in [0.4, 0.5) is 4.79 Å². The van der Waals surface area contributed by atoms with Crippen LogP contribution in [0.3, 0.4) is 0 Å². The number of hydrogen-bond acceptors (Lipinski definition) is 6. The second-order valence-electron chi connectivity index (χ2n) is 10.6. The Hall–Kier alpha value is -3.23. The molecule has 3 aromatic carbocycles. The summed E-state index contributed by atoms with van der Waals surface area (Å²) in [5.74, 6) is 0. The van der Waals surface area contributed by atoms with E-state index >= 15 is 0 Å². The highest BCUT2D eigenvalue weighted by Crippen LogP contribution is 2.29. The molecule has 1 amide bonds. The Balaban J connectivity index is 1.48. The number of ether oxygens (including phenoxy) is 5. The first-order valence-electron chi connectivity index (χ1n) is 13.4. The summed E-state index contributed by atoms with van der Waals surface area (Å²) < 4.78 is 30.8. The third-order valence-corrected chi connectivity index (χ3v) is 6.22. The van der Waals surface area contributed by atoms with Crippen molar-refractivity contribution in [2.45, 2.75) is 70.6 Å².